The van der Waals surface area contributed by atoms with E-state index in [0.29, 0.717) is 46.1 Å². The largest absolute Gasteiger partial charge is 0.496 e. The number of nitrogens with zero attached hydrogens (tertiary/aromatic N) is 5. The van der Waals surface area contributed by atoms with E-state index in [2.05, 4.69) is 15.5 Å². The molecule has 0 spiro atoms. The number of thiophene rings is 1. The van der Waals surface area contributed by atoms with Crippen molar-refractivity contribution in [2.24, 2.45) is 0 Å². The molecule has 12 nitrogen and oxygen atoms in total. The molecule has 218 valence electrons. The Hall–Kier alpha value is -3.88. The van der Waals surface area contributed by atoms with E-state index < -0.39 is 34.6 Å². The number of benzene rings is 1. The van der Waals surface area contributed by atoms with Crippen LogP contribution < -0.4 is 21.3 Å². The number of ether oxygens (including phenoxy) is 3. The molecule has 14 heteroatoms. The zero-order valence-electron chi connectivity index (χ0n) is 23.2. The second kappa shape index (κ2) is 11.5. The molecular formula is C27H31FN6O6S. The van der Waals surface area contributed by atoms with Gasteiger partial charge in [-0.05, 0) is 44.9 Å². The van der Waals surface area contributed by atoms with Crippen LogP contribution in [0.1, 0.15) is 37.0 Å². The van der Waals surface area contributed by atoms with Crippen molar-refractivity contribution in [3.05, 3.63) is 68.4 Å². The van der Waals surface area contributed by atoms with Crippen molar-refractivity contribution in [1.82, 2.24) is 29.4 Å². The molecule has 0 saturated carbocycles. The third kappa shape index (κ3) is 5.06. The van der Waals surface area contributed by atoms with Crippen molar-refractivity contribution in [2.75, 3.05) is 34.0 Å². The molecule has 4 heterocycles. The van der Waals surface area contributed by atoms with Crippen LogP contribution in [0.25, 0.3) is 15.2 Å². The summed E-state index contributed by atoms with van der Waals surface area (Å²) in [5, 5.41) is 12.0. The number of halogens is 1. The summed E-state index contributed by atoms with van der Waals surface area (Å²) in [4.78, 5) is 43.3. The molecule has 1 N–H and O–H groups in total. The van der Waals surface area contributed by atoms with E-state index in [9.17, 15) is 18.8 Å². The third-order valence-electron chi connectivity index (χ3n) is 7.39. The Morgan fingerprint density at radius 2 is 1.93 bits per heavy atom. The minimum absolute atomic E-state index is 0.108. The Labute approximate surface area is 238 Å². The van der Waals surface area contributed by atoms with Crippen molar-refractivity contribution < 1.29 is 23.4 Å². The van der Waals surface area contributed by atoms with E-state index >= 15 is 0 Å². The molecule has 1 aromatic carbocycles. The van der Waals surface area contributed by atoms with Crippen LogP contribution in [0.2, 0.25) is 0 Å². The minimum Gasteiger partial charge on any atom is -0.496 e. The molecule has 2 atom stereocenters. The van der Waals surface area contributed by atoms with E-state index in [4.69, 9.17) is 14.2 Å². The van der Waals surface area contributed by atoms with E-state index in [1.807, 2.05) is 0 Å². The fourth-order valence-corrected chi connectivity index (χ4v) is 6.45. The first-order valence-corrected chi connectivity index (χ1v) is 13.9. The van der Waals surface area contributed by atoms with Crippen LogP contribution in [0, 0.1) is 12.7 Å². The lowest BCUT2D eigenvalue weighted by molar-refractivity contribution is -0.131. The van der Waals surface area contributed by atoms with Gasteiger partial charge in [-0.2, -0.15) is 10.2 Å². The van der Waals surface area contributed by atoms with Gasteiger partial charge in [0.15, 0.2) is 0 Å². The second-order valence-corrected chi connectivity index (χ2v) is 10.9. The molecule has 41 heavy (non-hydrogen) atoms. The number of piperidine rings is 1. The fraction of sp³-hybridized carbons (Fsp3) is 0.444. The Bertz CT molecular complexity index is 1700. The molecular weight excluding hydrogens is 555 g/mol. The highest BCUT2D eigenvalue weighted by molar-refractivity contribution is 7.21. The number of hydrogen-bond donors (Lipinski definition) is 1. The zero-order chi connectivity index (χ0) is 29.3. The van der Waals surface area contributed by atoms with E-state index in [-0.39, 0.29) is 25.1 Å². The average molecular weight is 587 g/mol. The number of hydrogen-bond acceptors (Lipinski definition) is 9. The zero-order valence-corrected chi connectivity index (χ0v) is 24.0. The van der Waals surface area contributed by atoms with E-state index in [0.717, 1.165) is 4.57 Å². The number of aryl methyl sites for hydroxylation is 1. The number of fused-ring (bicyclic) bond motifs is 1. The molecule has 1 amide bonds. The Morgan fingerprint density at radius 1 is 1.17 bits per heavy atom. The molecule has 1 fully saturated rings. The Morgan fingerprint density at radius 3 is 2.61 bits per heavy atom. The van der Waals surface area contributed by atoms with Gasteiger partial charge in [0.25, 0.3) is 5.56 Å². The van der Waals surface area contributed by atoms with Crippen LogP contribution >= 0.6 is 11.3 Å². The average Bonchev–Trinajstić information content (AvgIpc) is 3.60. The SMILES string of the molecule is COCCO[C@@H](Cn1c(=O)n([C@@]2(C)CCCNC2=O)c(=O)c2c(C)c(-n3nccn3)sc21)c1cc(F)ccc1OC. The van der Waals surface area contributed by atoms with Crippen LogP contribution in [0.15, 0.2) is 40.2 Å². The molecule has 1 aliphatic heterocycles. The van der Waals surface area contributed by atoms with Gasteiger partial charge in [0.05, 0.1) is 44.6 Å². The smallest absolute Gasteiger partial charge is 0.333 e. The summed E-state index contributed by atoms with van der Waals surface area (Å²) >= 11 is 1.17. The summed E-state index contributed by atoms with van der Waals surface area (Å²) in [6, 6.07) is 4.05. The predicted octanol–water partition coefficient (Wildman–Crippen LogP) is 2.29. The summed E-state index contributed by atoms with van der Waals surface area (Å²) in [7, 11) is 2.99. The number of rotatable bonds is 10. The number of aromatic nitrogens is 5. The van der Waals surface area contributed by atoms with Crippen LogP contribution in [0.3, 0.4) is 0 Å². The van der Waals surface area contributed by atoms with Crippen molar-refractivity contribution in [3.63, 3.8) is 0 Å². The molecule has 4 aromatic rings. The number of carbonyl (C=O) groups is 1. The molecule has 0 unspecified atom stereocenters. The number of amides is 1. The van der Waals surface area contributed by atoms with Gasteiger partial charge in [-0.1, -0.05) is 11.3 Å². The van der Waals surface area contributed by atoms with Gasteiger partial charge in [0.2, 0.25) is 5.91 Å². The Kier molecular flexibility index (Phi) is 8.07. The van der Waals surface area contributed by atoms with Gasteiger partial charge in [-0.15, -0.1) is 4.80 Å². The maximum absolute atomic E-state index is 14.5. The van der Waals surface area contributed by atoms with Crippen LogP contribution in [0.5, 0.6) is 5.75 Å². The van der Waals surface area contributed by atoms with Crippen molar-refractivity contribution in [1.29, 1.82) is 0 Å². The highest BCUT2D eigenvalue weighted by atomic mass is 32.1. The highest BCUT2D eigenvalue weighted by Crippen LogP contribution is 2.35. The summed E-state index contributed by atoms with van der Waals surface area (Å²) in [6.45, 7) is 4.10. The number of carbonyl (C=O) groups excluding carboxylic acids is 1. The van der Waals surface area contributed by atoms with Crippen LogP contribution in [-0.4, -0.2) is 64.0 Å². The Balaban J connectivity index is 1.78. The molecule has 1 saturated heterocycles. The van der Waals surface area contributed by atoms with Gasteiger partial charge in [0.1, 0.15) is 33.0 Å². The summed E-state index contributed by atoms with van der Waals surface area (Å²) < 4.78 is 33.7. The lowest BCUT2D eigenvalue weighted by Crippen LogP contribution is -2.59. The van der Waals surface area contributed by atoms with Gasteiger partial charge in [-0.25, -0.2) is 13.8 Å². The first-order valence-electron chi connectivity index (χ1n) is 13.1. The molecule has 3 aromatic heterocycles. The van der Waals surface area contributed by atoms with Crippen LogP contribution in [-0.2, 0) is 26.4 Å². The second-order valence-electron chi connectivity index (χ2n) is 9.94. The van der Waals surface area contributed by atoms with Crippen molar-refractivity contribution >= 4 is 27.5 Å². The standard InChI is InChI=1S/C27H31FN6O6S/c1-16-21-22(35)33(27(2)8-5-9-29-25(27)36)26(37)32(24(21)41-23(16)34-30-10-11-31-34)15-20(40-13-12-38-3)18-14-17(28)6-7-19(18)39-4/h6-7,10-11,14,20H,5,8-9,12-13,15H2,1-4H3,(H,29,36)/t20-,27-/m0/s1. The maximum atomic E-state index is 14.5. The van der Waals surface area contributed by atoms with E-state index in [1.54, 1.807) is 13.8 Å². The first kappa shape index (κ1) is 28.6. The number of nitrogens with one attached hydrogen (secondary N) is 1. The quantitative estimate of drug-likeness (QED) is 0.280. The molecule has 0 aliphatic carbocycles. The van der Waals surface area contributed by atoms with Crippen molar-refractivity contribution in [2.45, 2.75) is 44.9 Å². The molecule has 5 rings (SSSR count). The number of methoxy groups -OCH3 is 2. The maximum Gasteiger partial charge on any atom is 0.333 e. The van der Waals surface area contributed by atoms with Gasteiger partial charge in [0, 0.05) is 24.8 Å². The normalized spacial score (nSPS) is 18.0. The van der Waals surface area contributed by atoms with Crippen molar-refractivity contribution in [3.8, 4) is 10.8 Å². The van der Waals surface area contributed by atoms with Gasteiger partial charge in [-0.3, -0.25) is 14.2 Å². The van der Waals surface area contributed by atoms with Gasteiger partial charge < -0.3 is 19.5 Å². The fourth-order valence-electron chi connectivity index (χ4n) is 5.23. The minimum atomic E-state index is -1.41. The topological polar surface area (TPSA) is 132 Å². The lowest BCUT2D eigenvalue weighted by Gasteiger charge is -2.34. The predicted molar refractivity (Wildman–Crippen MR) is 149 cm³/mol. The highest BCUT2D eigenvalue weighted by Gasteiger charge is 2.41. The first-order chi connectivity index (χ1) is 19.7. The lowest BCUT2D eigenvalue weighted by atomic mass is 9.91. The third-order valence-corrected chi connectivity index (χ3v) is 8.67. The summed E-state index contributed by atoms with van der Waals surface area (Å²) in [6.07, 6.45) is 3.06. The van der Waals surface area contributed by atoms with Crippen LogP contribution in [0.4, 0.5) is 4.39 Å². The van der Waals surface area contributed by atoms with E-state index in [1.165, 1.54) is 65.5 Å². The molecule has 0 radical (unpaired) electrons. The molecule has 0 bridgehead atoms. The van der Waals surface area contributed by atoms with Gasteiger partial charge >= 0.3 is 5.69 Å². The summed E-state index contributed by atoms with van der Waals surface area (Å²) in [5.74, 6) is -0.543. The monoisotopic (exact) mass is 586 g/mol. The molecule has 1 aliphatic rings. The summed E-state index contributed by atoms with van der Waals surface area (Å²) in [5.41, 5.74) is -1.73.